The Kier molecular flexibility index (Phi) is 5.66. The lowest BCUT2D eigenvalue weighted by atomic mass is 10.2. The number of carbonyl (C=O) groups is 1. The van der Waals surface area contributed by atoms with Crippen LogP contribution in [0.25, 0.3) is 16.7 Å². The van der Waals surface area contributed by atoms with Gasteiger partial charge in [-0.25, -0.2) is 0 Å². The monoisotopic (exact) mass is 399 g/mol. The van der Waals surface area contributed by atoms with E-state index in [0.29, 0.717) is 24.1 Å². The van der Waals surface area contributed by atoms with Gasteiger partial charge in [0.15, 0.2) is 5.16 Å². The summed E-state index contributed by atoms with van der Waals surface area (Å²) in [5.74, 6) is 1.73. The zero-order chi connectivity index (χ0) is 19.5. The molecule has 0 N–H and O–H groups in total. The van der Waals surface area contributed by atoms with Crippen molar-refractivity contribution in [3.63, 3.8) is 0 Å². The zero-order valence-electron chi connectivity index (χ0n) is 16.1. The molecule has 0 aliphatic carbocycles. The molecule has 0 spiro atoms. The van der Waals surface area contributed by atoms with Crippen LogP contribution in [0.5, 0.6) is 0 Å². The maximum atomic E-state index is 12.9. The first kappa shape index (κ1) is 19.0. The van der Waals surface area contributed by atoms with E-state index in [0.717, 1.165) is 55.2 Å². The highest BCUT2D eigenvalue weighted by Crippen LogP contribution is 2.22. The molecule has 7 nitrogen and oxygen atoms in total. The van der Waals surface area contributed by atoms with E-state index >= 15 is 0 Å². The third-order valence-electron chi connectivity index (χ3n) is 5.19. The third kappa shape index (κ3) is 3.53. The number of likely N-dealkylation sites (tertiary alicyclic amines) is 1. The van der Waals surface area contributed by atoms with E-state index in [-0.39, 0.29) is 11.5 Å². The third-order valence-corrected chi connectivity index (χ3v) is 6.20. The molecule has 0 radical (unpaired) electrons. The quantitative estimate of drug-likeness (QED) is 0.430. The number of amides is 1. The van der Waals surface area contributed by atoms with Gasteiger partial charge in [0.2, 0.25) is 11.7 Å². The Morgan fingerprint density at radius 3 is 2.75 bits per heavy atom. The number of hydrogen-bond acceptors (Lipinski definition) is 5. The second kappa shape index (κ2) is 8.34. The normalized spacial score (nSPS) is 14.6. The number of nitrogens with zero attached hydrogens (tertiary/aromatic N) is 5. The SMILES string of the molecule is CCCCn1c(=O)c2ccccc2n2c(SCCCN3CCCC3=O)nnc12. The summed E-state index contributed by atoms with van der Waals surface area (Å²) < 4.78 is 3.74. The van der Waals surface area contributed by atoms with Gasteiger partial charge in [-0.2, -0.15) is 0 Å². The minimum Gasteiger partial charge on any atom is -0.343 e. The van der Waals surface area contributed by atoms with E-state index in [9.17, 15) is 9.59 Å². The van der Waals surface area contributed by atoms with Crippen molar-refractivity contribution in [2.45, 2.75) is 50.7 Å². The number of fused-ring (bicyclic) bond motifs is 3. The minimum atomic E-state index is -0.00644. The number of carbonyl (C=O) groups excluding carboxylic acids is 1. The summed E-state index contributed by atoms with van der Waals surface area (Å²) in [5.41, 5.74) is 0.838. The highest BCUT2D eigenvalue weighted by atomic mass is 32.2. The summed E-state index contributed by atoms with van der Waals surface area (Å²) in [6.07, 6.45) is 4.51. The largest absolute Gasteiger partial charge is 0.343 e. The van der Waals surface area contributed by atoms with Crippen molar-refractivity contribution in [3.05, 3.63) is 34.6 Å². The molecular formula is C20H25N5O2S. The molecule has 0 atom stereocenters. The Labute approximate surface area is 167 Å². The summed E-state index contributed by atoms with van der Waals surface area (Å²) in [6, 6.07) is 7.65. The van der Waals surface area contributed by atoms with E-state index in [1.165, 1.54) is 0 Å². The Morgan fingerprint density at radius 2 is 1.96 bits per heavy atom. The van der Waals surface area contributed by atoms with E-state index in [1.54, 1.807) is 16.3 Å². The van der Waals surface area contributed by atoms with Crippen molar-refractivity contribution < 1.29 is 4.79 Å². The van der Waals surface area contributed by atoms with Crippen molar-refractivity contribution >= 4 is 34.3 Å². The molecule has 0 bridgehead atoms. The fraction of sp³-hybridized carbons (Fsp3) is 0.500. The number of thioether (sulfide) groups is 1. The summed E-state index contributed by atoms with van der Waals surface area (Å²) in [6.45, 7) is 4.43. The van der Waals surface area contributed by atoms with Crippen LogP contribution in [0.2, 0.25) is 0 Å². The molecule has 1 saturated heterocycles. The van der Waals surface area contributed by atoms with Gasteiger partial charge in [-0.3, -0.25) is 18.6 Å². The van der Waals surface area contributed by atoms with Crippen LogP contribution in [0.15, 0.2) is 34.2 Å². The van der Waals surface area contributed by atoms with Crippen LogP contribution in [0.4, 0.5) is 0 Å². The Balaban J connectivity index is 1.61. The van der Waals surface area contributed by atoms with Gasteiger partial charge in [-0.1, -0.05) is 37.2 Å². The predicted octanol–water partition coefficient (Wildman–Crippen LogP) is 2.95. The average molecular weight is 400 g/mol. The minimum absolute atomic E-state index is 0.00644. The maximum Gasteiger partial charge on any atom is 0.262 e. The first-order chi connectivity index (χ1) is 13.7. The van der Waals surface area contributed by atoms with Crippen LogP contribution >= 0.6 is 11.8 Å². The number of para-hydroxylation sites is 1. The van der Waals surface area contributed by atoms with Gasteiger partial charge in [0.25, 0.3) is 5.56 Å². The van der Waals surface area contributed by atoms with Gasteiger partial charge in [0.05, 0.1) is 10.9 Å². The summed E-state index contributed by atoms with van der Waals surface area (Å²) >= 11 is 1.63. The molecule has 1 aliphatic heterocycles. The second-order valence-corrected chi connectivity index (χ2v) is 8.19. The molecule has 148 valence electrons. The molecule has 2 aromatic heterocycles. The molecule has 28 heavy (non-hydrogen) atoms. The topological polar surface area (TPSA) is 72.5 Å². The van der Waals surface area contributed by atoms with Gasteiger partial charge in [0, 0.05) is 31.8 Å². The van der Waals surface area contributed by atoms with Gasteiger partial charge in [-0.05, 0) is 31.4 Å². The zero-order valence-corrected chi connectivity index (χ0v) is 17.0. The first-order valence-electron chi connectivity index (χ1n) is 9.98. The summed E-state index contributed by atoms with van der Waals surface area (Å²) in [4.78, 5) is 26.6. The number of hydrogen-bond donors (Lipinski definition) is 0. The standard InChI is InChI=1S/C20H25N5O2S/c1-2-3-13-24-18(27)15-8-4-5-9-16(15)25-19(24)21-22-20(25)28-14-7-12-23-11-6-10-17(23)26/h4-5,8-9H,2-3,6-7,10-14H2,1H3. The highest BCUT2D eigenvalue weighted by Gasteiger charge is 2.20. The fourth-order valence-electron chi connectivity index (χ4n) is 3.70. The van der Waals surface area contributed by atoms with Gasteiger partial charge < -0.3 is 4.90 Å². The second-order valence-electron chi connectivity index (χ2n) is 7.13. The van der Waals surface area contributed by atoms with Gasteiger partial charge >= 0.3 is 0 Å². The lowest BCUT2D eigenvalue weighted by Crippen LogP contribution is -2.25. The smallest absolute Gasteiger partial charge is 0.262 e. The number of rotatable bonds is 8. The predicted molar refractivity (Wildman–Crippen MR) is 111 cm³/mol. The van der Waals surface area contributed by atoms with Crippen molar-refractivity contribution in [2.24, 2.45) is 0 Å². The van der Waals surface area contributed by atoms with Crippen LogP contribution in [0.1, 0.15) is 39.0 Å². The summed E-state index contributed by atoms with van der Waals surface area (Å²) in [5, 5.41) is 10.2. The fourth-order valence-corrected chi connectivity index (χ4v) is 4.57. The molecular weight excluding hydrogens is 374 g/mol. The van der Waals surface area contributed by atoms with Crippen LogP contribution in [0.3, 0.4) is 0 Å². The molecule has 1 aliphatic rings. The highest BCUT2D eigenvalue weighted by molar-refractivity contribution is 7.99. The molecule has 1 fully saturated rings. The van der Waals surface area contributed by atoms with Crippen LogP contribution in [-0.2, 0) is 11.3 Å². The molecule has 8 heteroatoms. The number of aryl methyl sites for hydroxylation is 1. The summed E-state index contributed by atoms with van der Waals surface area (Å²) in [7, 11) is 0. The van der Waals surface area contributed by atoms with Crippen molar-refractivity contribution in [1.82, 2.24) is 24.1 Å². The maximum absolute atomic E-state index is 12.9. The van der Waals surface area contributed by atoms with Gasteiger partial charge in [0.1, 0.15) is 0 Å². The first-order valence-corrected chi connectivity index (χ1v) is 11.0. The van der Waals surface area contributed by atoms with Crippen molar-refractivity contribution in [1.29, 1.82) is 0 Å². The Morgan fingerprint density at radius 1 is 1.11 bits per heavy atom. The number of unbranched alkanes of at least 4 members (excludes halogenated alkanes) is 1. The van der Waals surface area contributed by atoms with Crippen molar-refractivity contribution in [2.75, 3.05) is 18.8 Å². The van der Waals surface area contributed by atoms with E-state index in [1.807, 2.05) is 33.6 Å². The molecule has 0 saturated carbocycles. The molecule has 4 rings (SSSR count). The van der Waals surface area contributed by atoms with E-state index < -0.39 is 0 Å². The van der Waals surface area contributed by atoms with E-state index in [2.05, 4.69) is 17.1 Å². The van der Waals surface area contributed by atoms with Crippen molar-refractivity contribution in [3.8, 4) is 0 Å². The average Bonchev–Trinajstić information content (AvgIpc) is 3.31. The Hall–Kier alpha value is -2.35. The lowest BCUT2D eigenvalue weighted by molar-refractivity contribution is -0.127. The molecule has 3 heterocycles. The number of benzene rings is 1. The van der Waals surface area contributed by atoms with Crippen LogP contribution in [-0.4, -0.2) is 48.8 Å². The molecule has 1 aromatic carbocycles. The molecule has 1 amide bonds. The molecule has 0 unspecified atom stereocenters. The lowest BCUT2D eigenvalue weighted by Gasteiger charge is -2.14. The molecule has 3 aromatic rings. The van der Waals surface area contributed by atoms with Gasteiger partial charge in [-0.15, -0.1) is 10.2 Å². The van der Waals surface area contributed by atoms with E-state index in [4.69, 9.17) is 0 Å². The van der Waals surface area contributed by atoms with Crippen LogP contribution in [0, 0.1) is 0 Å². The van der Waals surface area contributed by atoms with Crippen LogP contribution < -0.4 is 5.56 Å². The Bertz CT molecular complexity index is 1060. The number of aromatic nitrogens is 4.